The molecular formula is C12H12N4O. The monoisotopic (exact) mass is 228 g/mol. The summed E-state index contributed by atoms with van der Waals surface area (Å²) in [6.45, 7) is 3.47. The van der Waals surface area contributed by atoms with E-state index in [-0.39, 0.29) is 0 Å². The highest BCUT2D eigenvalue weighted by molar-refractivity contribution is 5.37. The molecule has 2 heterocycles. The number of rotatable bonds is 4. The molecule has 0 unspecified atom stereocenters. The van der Waals surface area contributed by atoms with Crippen LogP contribution in [0.25, 0.3) is 0 Å². The number of nitriles is 1. The highest BCUT2D eigenvalue weighted by Gasteiger charge is 2.08. The Labute approximate surface area is 99.3 Å². The quantitative estimate of drug-likeness (QED) is 0.800. The van der Waals surface area contributed by atoms with Crippen molar-refractivity contribution in [2.45, 2.75) is 13.5 Å². The number of hydrogen-bond acceptors (Lipinski definition) is 5. The van der Waals surface area contributed by atoms with E-state index in [0.717, 1.165) is 18.1 Å². The Morgan fingerprint density at radius 2 is 2.29 bits per heavy atom. The molecule has 86 valence electrons. The fraction of sp³-hybridized carbons (Fsp3) is 0.250. The molecule has 0 aliphatic carbocycles. The summed E-state index contributed by atoms with van der Waals surface area (Å²) >= 11 is 0. The summed E-state index contributed by atoms with van der Waals surface area (Å²) in [5, 5.41) is 8.65. The fourth-order valence-electron chi connectivity index (χ4n) is 1.49. The van der Waals surface area contributed by atoms with Crippen LogP contribution in [0.1, 0.15) is 18.4 Å². The van der Waals surface area contributed by atoms with Crippen molar-refractivity contribution in [1.29, 1.82) is 5.26 Å². The van der Waals surface area contributed by atoms with E-state index in [9.17, 15) is 0 Å². The minimum atomic E-state index is 0.322. The molecule has 2 aromatic rings. The fourth-order valence-corrected chi connectivity index (χ4v) is 1.49. The van der Waals surface area contributed by atoms with Gasteiger partial charge in [0.25, 0.3) is 0 Å². The minimum absolute atomic E-state index is 0.322. The van der Waals surface area contributed by atoms with Crippen LogP contribution in [-0.2, 0) is 6.54 Å². The Kier molecular flexibility index (Phi) is 3.36. The van der Waals surface area contributed by atoms with Crippen LogP contribution < -0.4 is 4.90 Å². The highest BCUT2D eigenvalue weighted by atomic mass is 16.3. The molecule has 5 nitrogen and oxygen atoms in total. The van der Waals surface area contributed by atoms with Gasteiger partial charge in [0.1, 0.15) is 17.6 Å². The highest BCUT2D eigenvalue weighted by Crippen LogP contribution is 2.13. The molecule has 0 aromatic carbocycles. The molecular weight excluding hydrogens is 216 g/mol. The van der Waals surface area contributed by atoms with Gasteiger partial charge in [-0.1, -0.05) is 0 Å². The van der Waals surface area contributed by atoms with Crippen molar-refractivity contribution in [1.82, 2.24) is 9.97 Å². The van der Waals surface area contributed by atoms with Gasteiger partial charge in [-0.3, -0.25) is 0 Å². The predicted molar refractivity (Wildman–Crippen MR) is 62.2 cm³/mol. The van der Waals surface area contributed by atoms with Gasteiger partial charge < -0.3 is 9.32 Å². The molecule has 2 rings (SSSR count). The van der Waals surface area contributed by atoms with E-state index in [4.69, 9.17) is 9.68 Å². The molecule has 0 saturated carbocycles. The van der Waals surface area contributed by atoms with E-state index in [1.807, 2.05) is 30.0 Å². The maximum Gasteiger partial charge on any atom is 0.158 e. The van der Waals surface area contributed by atoms with Crippen LogP contribution in [0.3, 0.4) is 0 Å². The van der Waals surface area contributed by atoms with Gasteiger partial charge in [0.15, 0.2) is 5.69 Å². The average Bonchev–Trinajstić information content (AvgIpc) is 2.89. The Hall–Kier alpha value is -2.35. The van der Waals surface area contributed by atoms with Gasteiger partial charge in [-0.05, 0) is 19.1 Å². The molecule has 0 aliphatic rings. The molecule has 17 heavy (non-hydrogen) atoms. The molecule has 0 spiro atoms. The standard InChI is InChI=1S/C12H12N4O/c1-2-16(9-11-4-3-5-17-11)12-8-14-10(6-13)7-15-12/h3-5,7-8H,2,9H2,1H3. The van der Waals surface area contributed by atoms with E-state index < -0.39 is 0 Å². The summed E-state index contributed by atoms with van der Waals surface area (Å²) in [6.07, 6.45) is 4.72. The van der Waals surface area contributed by atoms with Crippen molar-refractivity contribution in [3.05, 3.63) is 42.2 Å². The van der Waals surface area contributed by atoms with Gasteiger partial charge in [-0.25, -0.2) is 9.97 Å². The van der Waals surface area contributed by atoms with Crippen LogP contribution in [0.15, 0.2) is 35.2 Å². The first-order valence-corrected chi connectivity index (χ1v) is 5.33. The van der Waals surface area contributed by atoms with Crippen LogP contribution in [0.5, 0.6) is 0 Å². The number of hydrogen-bond donors (Lipinski definition) is 0. The van der Waals surface area contributed by atoms with Crippen LogP contribution >= 0.6 is 0 Å². The molecule has 0 bridgehead atoms. The zero-order valence-electron chi connectivity index (χ0n) is 9.50. The maximum absolute atomic E-state index is 8.65. The Morgan fingerprint density at radius 3 is 2.82 bits per heavy atom. The number of nitrogens with zero attached hydrogens (tertiary/aromatic N) is 4. The Morgan fingerprint density at radius 1 is 1.41 bits per heavy atom. The van der Waals surface area contributed by atoms with Crippen molar-refractivity contribution in [2.75, 3.05) is 11.4 Å². The maximum atomic E-state index is 8.65. The summed E-state index contributed by atoms with van der Waals surface area (Å²) in [5.41, 5.74) is 0.322. The lowest BCUT2D eigenvalue weighted by atomic mass is 10.4. The predicted octanol–water partition coefficient (Wildman–Crippen LogP) is 1.97. The van der Waals surface area contributed by atoms with Crippen LogP contribution in [-0.4, -0.2) is 16.5 Å². The third-order valence-electron chi connectivity index (χ3n) is 2.39. The first-order valence-electron chi connectivity index (χ1n) is 5.33. The molecule has 2 aromatic heterocycles. The normalized spacial score (nSPS) is 9.88. The van der Waals surface area contributed by atoms with E-state index in [1.54, 1.807) is 12.5 Å². The Balaban J connectivity index is 2.14. The Bertz CT molecular complexity index is 498. The minimum Gasteiger partial charge on any atom is -0.467 e. The molecule has 0 aliphatic heterocycles. The summed E-state index contributed by atoms with van der Waals surface area (Å²) in [7, 11) is 0. The van der Waals surface area contributed by atoms with E-state index in [2.05, 4.69) is 9.97 Å². The van der Waals surface area contributed by atoms with E-state index in [1.165, 1.54) is 6.20 Å². The third kappa shape index (κ3) is 2.61. The van der Waals surface area contributed by atoms with Crippen molar-refractivity contribution in [3.63, 3.8) is 0 Å². The zero-order valence-corrected chi connectivity index (χ0v) is 9.50. The third-order valence-corrected chi connectivity index (χ3v) is 2.39. The second kappa shape index (κ2) is 5.12. The number of anilines is 1. The average molecular weight is 228 g/mol. The second-order valence-electron chi connectivity index (χ2n) is 3.47. The van der Waals surface area contributed by atoms with E-state index >= 15 is 0 Å². The van der Waals surface area contributed by atoms with Gasteiger partial charge in [0, 0.05) is 6.54 Å². The van der Waals surface area contributed by atoms with Crippen LogP contribution in [0.4, 0.5) is 5.82 Å². The first-order chi connectivity index (χ1) is 8.33. The smallest absolute Gasteiger partial charge is 0.158 e. The molecule has 0 N–H and O–H groups in total. The van der Waals surface area contributed by atoms with Crippen molar-refractivity contribution in [2.24, 2.45) is 0 Å². The van der Waals surface area contributed by atoms with Crippen LogP contribution in [0, 0.1) is 11.3 Å². The van der Waals surface area contributed by atoms with Gasteiger partial charge in [-0.15, -0.1) is 0 Å². The largest absolute Gasteiger partial charge is 0.467 e. The van der Waals surface area contributed by atoms with Gasteiger partial charge in [0.05, 0.1) is 25.2 Å². The number of aromatic nitrogens is 2. The van der Waals surface area contributed by atoms with E-state index in [0.29, 0.717) is 12.2 Å². The lowest BCUT2D eigenvalue weighted by Crippen LogP contribution is -2.23. The van der Waals surface area contributed by atoms with Crippen molar-refractivity contribution >= 4 is 5.82 Å². The molecule has 0 saturated heterocycles. The zero-order chi connectivity index (χ0) is 12.1. The molecule has 0 fully saturated rings. The lowest BCUT2D eigenvalue weighted by molar-refractivity contribution is 0.502. The number of furan rings is 1. The summed E-state index contributed by atoms with van der Waals surface area (Å²) in [6, 6.07) is 5.72. The summed E-state index contributed by atoms with van der Waals surface area (Å²) in [5.74, 6) is 1.61. The van der Waals surface area contributed by atoms with Crippen LogP contribution in [0.2, 0.25) is 0 Å². The molecule has 0 atom stereocenters. The molecule has 0 amide bonds. The van der Waals surface area contributed by atoms with Gasteiger partial charge >= 0.3 is 0 Å². The second-order valence-corrected chi connectivity index (χ2v) is 3.47. The molecule has 5 heteroatoms. The van der Waals surface area contributed by atoms with Crippen molar-refractivity contribution < 1.29 is 4.42 Å². The van der Waals surface area contributed by atoms with Crippen molar-refractivity contribution in [3.8, 4) is 6.07 Å². The summed E-state index contributed by atoms with van der Waals surface area (Å²) < 4.78 is 5.29. The van der Waals surface area contributed by atoms with Gasteiger partial charge in [0.2, 0.25) is 0 Å². The molecule has 0 radical (unpaired) electrons. The topological polar surface area (TPSA) is 66.0 Å². The van der Waals surface area contributed by atoms with Gasteiger partial charge in [-0.2, -0.15) is 5.26 Å². The summed E-state index contributed by atoms with van der Waals surface area (Å²) in [4.78, 5) is 10.2. The lowest BCUT2D eigenvalue weighted by Gasteiger charge is -2.19. The SMILES string of the molecule is CCN(Cc1ccco1)c1cnc(C#N)cn1. The first kappa shape index (κ1) is 11.1.